The molecule has 3 aromatic rings. The molecule has 0 bridgehead atoms. The number of fused-ring (bicyclic) bond motifs is 1. The maximum Gasteiger partial charge on any atom is 0.251 e. The molecule has 1 aromatic carbocycles. The lowest BCUT2D eigenvalue weighted by Gasteiger charge is -2.24. The van der Waals surface area contributed by atoms with Crippen molar-refractivity contribution in [3.63, 3.8) is 0 Å². The average molecular weight is 380 g/mol. The highest BCUT2D eigenvalue weighted by molar-refractivity contribution is 5.94. The number of carbonyl (C=O) groups excluding carboxylic acids is 1. The predicted molar refractivity (Wildman–Crippen MR) is 103 cm³/mol. The zero-order chi connectivity index (χ0) is 19.7. The van der Waals surface area contributed by atoms with Gasteiger partial charge in [0.2, 0.25) is 0 Å². The Morgan fingerprint density at radius 3 is 3.04 bits per heavy atom. The summed E-state index contributed by atoms with van der Waals surface area (Å²) in [7, 11) is 1.95. The van der Waals surface area contributed by atoms with Crippen LogP contribution in [0.5, 0.6) is 5.75 Å². The van der Waals surface area contributed by atoms with Crippen LogP contribution in [-0.2, 0) is 20.1 Å². The monoisotopic (exact) mass is 380 g/mol. The summed E-state index contributed by atoms with van der Waals surface area (Å²) in [5, 5.41) is 11.4. The van der Waals surface area contributed by atoms with Gasteiger partial charge in [-0.05, 0) is 51.3 Å². The fourth-order valence-corrected chi connectivity index (χ4v) is 3.69. The highest BCUT2D eigenvalue weighted by Gasteiger charge is 2.25. The number of nitrogens with one attached hydrogen (secondary N) is 1. The number of aromatic nitrogens is 3. The van der Waals surface area contributed by atoms with Crippen molar-refractivity contribution < 1.29 is 14.1 Å². The first-order valence-corrected chi connectivity index (χ1v) is 9.49. The number of hydrogen-bond donors (Lipinski definition) is 1. The molecule has 2 heterocycles. The fourth-order valence-electron chi connectivity index (χ4n) is 3.69. The summed E-state index contributed by atoms with van der Waals surface area (Å²) in [5.41, 5.74) is 4.64. The van der Waals surface area contributed by atoms with Crippen LogP contribution in [0.2, 0.25) is 0 Å². The van der Waals surface area contributed by atoms with Gasteiger partial charge < -0.3 is 14.6 Å². The lowest BCUT2D eigenvalue weighted by Crippen LogP contribution is -2.30. The maximum atomic E-state index is 12.8. The second-order valence-electron chi connectivity index (χ2n) is 7.21. The van der Waals surface area contributed by atoms with E-state index in [1.165, 1.54) is 5.69 Å². The van der Waals surface area contributed by atoms with E-state index < -0.39 is 0 Å². The molecule has 1 atom stereocenters. The minimum Gasteiger partial charge on any atom is -0.489 e. The molecule has 1 N–H and O–H groups in total. The minimum atomic E-state index is -0.107. The van der Waals surface area contributed by atoms with Crippen molar-refractivity contribution in [2.45, 2.75) is 45.8 Å². The van der Waals surface area contributed by atoms with Crippen LogP contribution < -0.4 is 10.1 Å². The van der Waals surface area contributed by atoms with E-state index in [1.807, 2.05) is 43.9 Å². The van der Waals surface area contributed by atoms with Gasteiger partial charge in [0.15, 0.2) is 0 Å². The van der Waals surface area contributed by atoms with Gasteiger partial charge in [0.05, 0.1) is 23.5 Å². The summed E-state index contributed by atoms with van der Waals surface area (Å²) >= 11 is 0. The second kappa shape index (κ2) is 7.50. The highest BCUT2D eigenvalue weighted by Crippen LogP contribution is 2.29. The molecule has 1 amide bonds. The average Bonchev–Trinajstić information content (AvgIpc) is 3.23. The van der Waals surface area contributed by atoms with Crippen LogP contribution in [0, 0.1) is 13.8 Å². The minimum absolute atomic E-state index is 0.00294. The van der Waals surface area contributed by atoms with Gasteiger partial charge in [-0.25, -0.2) is 0 Å². The summed E-state index contributed by atoms with van der Waals surface area (Å²) in [5.74, 6) is 1.28. The number of ether oxygens (including phenoxy) is 1. The molecule has 0 unspecified atom stereocenters. The van der Waals surface area contributed by atoms with Crippen molar-refractivity contribution in [3.05, 3.63) is 64.3 Å². The van der Waals surface area contributed by atoms with Crippen LogP contribution in [0.3, 0.4) is 0 Å². The molecule has 0 fully saturated rings. The second-order valence-corrected chi connectivity index (χ2v) is 7.21. The molecule has 0 aliphatic heterocycles. The summed E-state index contributed by atoms with van der Waals surface area (Å²) in [4.78, 5) is 12.8. The number of nitrogens with zero attached hydrogens (tertiary/aromatic N) is 3. The van der Waals surface area contributed by atoms with Crippen molar-refractivity contribution >= 4 is 5.91 Å². The van der Waals surface area contributed by atoms with Gasteiger partial charge in [0, 0.05) is 23.9 Å². The van der Waals surface area contributed by atoms with Crippen LogP contribution >= 0.6 is 0 Å². The Morgan fingerprint density at radius 2 is 2.25 bits per heavy atom. The van der Waals surface area contributed by atoms with Crippen LogP contribution in [-0.4, -0.2) is 20.8 Å². The largest absolute Gasteiger partial charge is 0.489 e. The molecule has 0 radical (unpaired) electrons. The lowest BCUT2D eigenvalue weighted by molar-refractivity contribution is 0.0932. The lowest BCUT2D eigenvalue weighted by atomic mass is 9.93. The standard InChI is InChI=1S/C21H24N4O3/c1-13-18(14(2)28-24-13)12-27-16-7-4-6-15(10-16)21(26)23-19-8-5-9-20-17(19)11-22-25(20)3/h4,6-7,10-11,19H,5,8-9,12H2,1-3H3,(H,23,26)/t19-/m0/s1. The zero-order valence-electron chi connectivity index (χ0n) is 16.4. The predicted octanol–water partition coefficient (Wildman–Crippen LogP) is 3.41. The SMILES string of the molecule is Cc1noc(C)c1COc1cccc(C(=O)N[C@H]2CCCc3c2cnn3C)c1. The molecule has 4 rings (SSSR count). The number of hydrogen-bond acceptors (Lipinski definition) is 5. The van der Waals surface area contributed by atoms with E-state index in [1.54, 1.807) is 12.1 Å². The first-order chi connectivity index (χ1) is 13.5. The van der Waals surface area contributed by atoms with Crippen LogP contribution in [0.1, 0.15) is 57.5 Å². The van der Waals surface area contributed by atoms with Gasteiger partial charge in [-0.3, -0.25) is 9.48 Å². The molecule has 0 saturated heterocycles. The van der Waals surface area contributed by atoms with Crippen molar-refractivity contribution in [1.29, 1.82) is 0 Å². The van der Waals surface area contributed by atoms with Gasteiger partial charge in [-0.15, -0.1) is 0 Å². The van der Waals surface area contributed by atoms with E-state index in [-0.39, 0.29) is 11.9 Å². The van der Waals surface area contributed by atoms with E-state index in [0.717, 1.165) is 41.8 Å². The van der Waals surface area contributed by atoms with E-state index in [2.05, 4.69) is 15.6 Å². The Labute approximate surface area is 163 Å². The molecule has 0 spiro atoms. The summed E-state index contributed by atoms with van der Waals surface area (Å²) in [6.07, 6.45) is 4.83. The number of amides is 1. The third-order valence-electron chi connectivity index (χ3n) is 5.34. The Hall–Kier alpha value is -3.09. The van der Waals surface area contributed by atoms with Crippen molar-refractivity contribution in [3.8, 4) is 5.75 Å². The van der Waals surface area contributed by atoms with E-state index in [4.69, 9.17) is 9.26 Å². The number of benzene rings is 1. The van der Waals surface area contributed by atoms with Gasteiger partial charge in [-0.1, -0.05) is 11.2 Å². The summed E-state index contributed by atoms with van der Waals surface area (Å²) in [6, 6.07) is 7.23. The zero-order valence-corrected chi connectivity index (χ0v) is 16.4. The third-order valence-corrected chi connectivity index (χ3v) is 5.34. The van der Waals surface area contributed by atoms with Crippen LogP contribution in [0.4, 0.5) is 0 Å². The molecule has 7 nitrogen and oxygen atoms in total. The number of aryl methyl sites for hydroxylation is 3. The maximum absolute atomic E-state index is 12.8. The molecular weight excluding hydrogens is 356 g/mol. The van der Waals surface area contributed by atoms with Crippen molar-refractivity contribution in [1.82, 2.24) is 20.3 Å². The van der Waals surface area contributed by atoms with Crippen molar-refractivity contribution in [2.24, 2.45) is 7.05 Å². The molecule has 28 heavy (non-hydrogen) atoms. The Bertz CT molecular complexity index is 986. The van der Waals surface area contributed by atoms with Gasteiger partial charge in [-0.2, -0.15) is 5.10 Å². The molecule has 1 aliphatic carbocycles. The fraction of sp³-hybridized carbons (Fsp3) is 0.381. The van der Waals surface area contributed by atoms with Crippen LogP contribution in [0.15, 0.2) is 35.0 Å². The van der Waals surface area contributed by atoms with Crippen molar-refractivity contribution in [2.75, 3.05) is 0 Å². The summed E-state index contributed by atoms with van der Waals surface area (Å²) < 4.78 is 12.9. The smallest absolute Gasteiger partial charge is 0.251 e. The quantitative estimate of drug-likeness (QED) is 0.733. The molecule has 2 aromatic heterocycles. The molecule has 7 heteroatoms. The molecular formula is C21H24N4O3. The number of rotatable bonds is 5. The topological polar surface area (TPSA) is 82.2 Å². The molecule has 1 aliphatic rings. The van der Waals surface area contributed by atoms with E-state index in [0.29, 0.717) is 17.9 Å². The van der Waals surface area contributed by atoms with E-state index >= 15 is 0 Å². The summed E-state index contributed by atoms with van der Waals surface area (Å²) in [6.45, 7) is 4.10. The van der Waals surface area contributed by atoms with Crippen LogP contribution in [0.25, 0.3) is 0 Å². The first kappa shape index (κ1) is 18.3. The molecule has 146 valence electrons. The Balaban J connectivity index is 1.45. The Morgan fingerprint density at radius 1 is 1.39 bits per heavy atom. The highest BCUT2D eigenvalue weighted by atomic mass is 16.5. The Kier molecular flexibility index (Phi) is 4.90. The van der Waals surface area contributed by atoms with Gasteiger partial charge >= 0.3 is 0 Å². The number of carbonyl (C=O) groups is 1. The third kappa shape index (κ3) is 3.52. The molecule has 0 saturated carbocycles. The normalized spacial score (nSPS) is 15.9. The van der Waals surface area contributed by atoms with E-state index in [9.17, 15) is 4.79 Å². The van der Waals surface area contributed by atoms with Gasteiger partial charge in [0.1, 0.15) is 18.1 Å². The first-order valence-electron chi connectivity index (χ1n) is 9.49. The van der Waals surface area contributed by atoms with Gasteiger partial charge in [0.25, 0.3) is 5.91 Å².